The summed E-state index contributed by atoms with van der Waals surface area (Å²) in [6, 6.07) is 7.09. The van der Waals surface area contributed by atoms with Gasteiger partial charge < -0.3 is 5.73 Å². The zero-order chi connectivity index (χ0) is 13.2. The number of piperidine rings is 1. The third-order valence-electron chi connectivity index (χ3n) is 3.44. The summed E-state index contributed by atoms with van der Waals surface area (Å²) in [5.74, 6) is 0.677. The molecule has 2 rings (SSSR count). The lowest BCUT2D eigenvalue weighted by Crippen LogP contribution is -2.38. The standard InChI is InChI=1S/C13H20N2O2S/c1-11-5-7-15(8-6-11)18(16,17)10-12-3-2-4-13(14)9-12/h2-4,9,11H,5-8,10,14H2,1H3. The van der Waals surface area contributed by atoms with Crippen molar-refractivity contribution in [1.29, 1.82) is 0 Å². The number of rotatable bonds is 3. The van der Waals surface area contributed by atoms with Crippen LogP contribution in [0.4, 0.5) is 5.69 Å². The van der Waals surface area contributed by atoms with E-state index in [1.807, 2.05) is 0 Å². The summed E-state index contributed by atoms with van der Waals surface area (Å²) in [6.45, 7) is 3.46. The quantitative estimate of drug-likeness (QED) is 0.851. The smallest absolute Gasteiger partial charge is 0.218 e. The lowest BCUT2D eigenvalue weighted by atomic mass is 10.0. The maximum Gasteiger partial charge on any atom is 0.218 e. The monoisotopic (exact) mass is 268 g/mol. The first-order chi connectivity index (χ1) is 8.47. The molecule has 0 bridgehead atoms. The van der Waals surface area contributed by atoms with Crippen LogP contribution in [0.1, 0.15) is 25.3 Å². The Labute approximate surface area is 109 Å². The van der Waals surface area contributed by atoms with Gasteiger partial charge in [-0.15, -0.1) is 0 Å². The lowest BCUT2D eigenvalue weighted by Gasteiger charge is -2.29. The number of sulfonamides is 1. The van der Waals surface area contributed by atoms with Crippen LogP contribution in [0, 0.1) is 5.92 Å². The van der Waals surface area contributed by atoms with Crippen molar-refractivity contribution in [3.05, 3.63) is 29.8 Å². The second-order valence-electron chi connectivity index (χ2n) is 5.08. The highest BCUT2D eigenvalue weighted by atomic mass is 32.2. The van der Waals surface area contributed by atoms with Gasteiger partial charge in [-0.1, -0.05) is 19.1 Å². The molecule has 0 unspecified atom stereocenters. The molecule has 0 radical (unpaired) electrons. The summed E-state index contributed by atoms with van der Waals surface area (Å²) in [6.07, 6.45) is 1.91. The van der Waals surface area contributed by atoms with Crippen molar-refractivity contribution < 1.29 is 8.42 Å². The van der Waals surface area contributed by atoms with Crippen LogP contribution in [0.15, 0.2) is 24.3 Å². The Morgan fingerprint density at radius 1 is 1.33 bits per heavy atom. The Hall–Kier alpha value is -1.07. The molecule has 100 valence electrons. The molecule has 1 aromatic carbocycles. The molecule has 1 aliphatic rings. The Morgan fingerprint density at radius 3 is 2.61 bits per heavy atom. The van der Waals surface area contributed by atoms with E-state index in [1.165, 1.54) is 0 Å². The van der Waals surface area contributed by atoms with Crippen molar-refractivity contribution in [2.45, 2.75) is 25.5 Å². The number of benzene rings is 1. The van der Waals surface area contributed by atoms with Crippen molar-refractivity contribution in [1.82, 2.24) is 4.31 Å². The van der Waals surface area contributed by atoms with Crippen molar-refractivity contribution >= 4 is 15.7 Å². The van der Waals surface area contributed by atoms with E-state index < -0.39 is 10.0 Å². The predicted octanol–water partition coefficient (Wildman–Crippen LogP) is 1.83. The fourth-order valence-corrected chi connectivity index (χ4v) is 3.80. The highest BCUT2D eigenvalue weighted by Gasteiger charge is 2.26. The molecule has 1 aliphatic heterocycles. The molecule has 4 nitrogen and oxygen atoms in total. The molecule has 1 heterocycles. The van der Waals surface area contributed by atoms with Crippen LogP contribution in [0.25, 0.3) is 0 Å². The first-order valence-electron chi connectivity index (χ1n) is 6.29. The zero-order valence-electron chi connectivity index (χ0n) is 10.7. The average Bonchev–Trinajstić information content (AvgIpc) is 2.29. The number of nitrogen functional groups attached to an aromatic ring is 1. The molecule has 18 heavy (non-hydrogen) atoms. The minimum atomic E-state index is -3.20. The predicted molar refractivity (Wildman–Crippen MR) is 73.4 cm³/mol. The first-order valence-corrected chi connectivity index (χ1v) is 7.90. The second kappa shape index (κ2) is 5.28. The highest BCUT2D eigenvalue weighted by molar-refractivity contribution is 7.88. The van der Waals surface area contributed by atoms with Crippen molar-refractivity contribution in [2.75, 3.05) is 18.8 Å². The van der Waals surface area contributed by atoms with Crippen LogP contribution in [0.2, 0.25) is 0 Å². The van der Waals surface area contributed by atoms with E-state index >= 15 is 0 Å². The maximum absolute atomic E-state index is 12.3. The number of nitrogens with two attached hydrogens (primary N) is 1. The molecule has 0 amide bonds. The second-order valence-corrected chi connectivity index (χ2v) is 7.05. The SMILES string of the molecule is CC1CCN(S(=O)(=O)Cc2cccc(N)c2)CC1. The van der Waals surface area contributed by atoms with Gasteiger partial charge in [-0.25, -0.2) is 12.7 Å². The fraction of sp³-hybridized carbons (Fsp3) is 0.538. The van der Waals surface area contributed by atoms with Gasteiger partial charge in [0.2, 0.25) is 10.0 Å². The summed E-state index contributed by atoms with van der Waals surface area (Å²) in [4.78, 5) is 0. The van der Waals surface area contributed by atoms with Crippen LogP contribution in [0.5, 0.6) is 0 Å². The number of hydrogen-bond acceptors (Lipinski definition) is 3. The fourth-order valence-electron chi connectivity index (χ4n) is 2.25. The Bertz CT molecular complexity index is 505. The van der Waals surface area contributed by atoms with Crippen molar-refractivity contribution in [2.24, 2.45) is 5.92 Å². The molecule has 0 atom stereocenters. The lowest BCUT2D eigenvalue weighted by molar-refractivity contribution is 0.287. The third-order valence-corrected chi connectivity index (χ3v) is 5.29. The van der Waals surface area contributed by atoms with E-state index in [2.05, 4.69) is 6.92 Å². The number of hydrogen-bond donors (Lipinski definition) is 1. The van der Waals surface area contributed by atoms with Crippen LogP contribution >= 0.6 is 0 Å². The molecular formula is C13H20N2O2S. The Balaban J connectivity index is 2.08. The first kappa shape index (κ1) is 13.4. The topological polar surface area (TPSA) is 63.4 Å². The zero-order valence-corrected chi connectivity index (χ0v) is 11.5. The summed E-state index contributed by atoms with van der Waals surface area (Å²) in [5.41, 5.74) is 7.03. The normalized spacial score (nSPS) is 18.9. The third kappa shape index (κ3) is 3.23. The summed E-state index contributed by atoms with van der Waals surface area (Å²) >= 11 is 0. The van der Waals surface area contributed by atoms with E-state index in [4.69, 9.17) is 5.73 Å². The van der Waals surface area contributed by atoms with Gasteiger partial charge in [-0.05, 0) is 36.5 Å². The molecule has 1 saturated heterocycles. The van der Waals surface area contributed by atoms with Crippen LogP contribution in [-0.4, -0.2) is 25.8 Å². The van der Waals surface area contributed by atoms with Gasteiger partial charge in [-0.2, -0.15) is 0 Å². The van der Waals surface area contributed by atoms with E-state index in [0.717, 1.165) is 18.4 Å². The van der Waals surface area contributed by atoms with Crippen LogP contribution < -0.4 is 5.73 Å². The Kier molecular flexibility index (Phi) is 3.92. The van der Waals surface area contributed by atoms with Crippen molar-refractivity contribution in [3.63, 3.8) is 0 Å². The van der Waals surface area contributed by atoms with Gasteiger partial charge in [0.15, 0.2) is 0 Å². The average molecular weight is 268 g/mol. The van der Waals surface area contributed by atoms with Crippen LogP contribution in [0.3, 0.4) is 0 Å². The molecule has 0 spiro atoms. The largest absolute Gasteiger partial charge is 0.399 e. The Morgan fingerprint density at radius 2 is 2.00 bits per heavy atom. The summed E-state index contributed by atoms with van der Waals surface area (Å²) in [7, 11) is -3.20. The molecule has 1 aromatic rings. The number of anilines is 1. The van der Waals surface area contributed by atoms with Crippen molar-refractivity contribution in [3.8, 4) is 0 Å². The van der Waals surface area contributed by atoms with E-state index in [9.17, 15) is 8.42 Å². The van der Waals surface area contributed by atoms with Gasteiger partial charge in [0.05, 0.1) is 5.75 Å². The van der Waals surface area contributed by atoms with E-state index in [-0.39, 0.29) is 5.75 Å². The maximum atomic E-state index is 12.3. The summed E-state index contributed by atoms with van der Waals surface area (Å²) in [5, 5.41) is 0. The molecule has 0 aromatic heterocycles. The van der Waals surface area contributed by atoms with E-state index in [1.54, 1.807) is 28.6 Å². The molecule has 0 saturated carbocycles. The van der Waals surface area contributed by atoms with Gasteiger partial charge >= 0.3 is 0 Å². The van der Waals surface area contributed by atoms with Gasteiger partial charge in [-0.3, -0.25) is 0 Å². The van der Waals surface area contributed by atoms with Gasteiger partial charge in [0.1, 0.15) is 0 Å². The molecule has 0 aliphatic carbocycles. The number of nitrogens with zero attached hydrogens (tertiary/aromatic N) is 1. The van der Waals surface area contributed by atoms with Gasteiger partial charge in [0, 0.05) is 18.8 Å². The molecular weight excluding hydrogens is 248 g/mol. The van der Waals surface area contributed by atoms with Crippen LogP contribution in [-0.2, 0) is 15.8 Å². The minimum absolute atomic E-state index is 0.0480. The minimum Gasteiger partial charge on any atom is -0.399 e. The van der Waals surface area contributed by atoms with Gasteiger partial charge in [0.25, 0.3) is 0 Å². The highest BCUT2D eigenvalue weighted by Crippen LogP contribution is 2.21. The molecule has 1 fully saturated rings. The molecule has 5 heteroatoms. The molecule has 2 N–H and O–H groups in total. The van der Waals surface area contributed by atoms with E-state index in [0.29, 0.717) is 24.7 Å². The summed E-state index contributed by atoms with van der Waals surface area (Å²) < 4.78 is 26.1.